The minimum Gasteiger partial charge on any atom is -0.337 e. The van der Waals surface area contributed by atoms with Crippen molar-refractivity contribution in [2.75, 3.05) is 45.5 Å². The molecule has 1 amide bonds. The summed E-state index contributed by atoms with van der Waals surface area (Å²) < 4.78 is 23.0. The Bertz CT molecular complexity index is 672. The van der Waals surface area contributed by atoms with Crippen LogP contribution < -0.4 is 5.32 Å². The largest absolute Gasteiger partial charge is 0.337 e. The van der Waals surface area contributed by atoms with Gasteiger partial charge in [-0.15, -0.1) is 12.4 Å². The van der Waals surface area contributed by atoms with Gasteiger partial charge in [-0.05, 0) is 30.7 Å². The monoisotopic (exact) mass is 373 g/mol. The Morgan fingerprint density at radius 1 is 1.12 bits per heavy atom. The molecule has 0 saturated carbocycles. The average Bonchev–Trinajstić information content (AvgIpc) is 3.04. The first kappa shape index (κ1) is 19.2. The van der Waals surface area contributed by atoms with E-state index >= 15 is 0 Å². The lowest BCUT2D eigenvalue weighted by Gasteiger charge is -2.32. The highest BCUT2D eigenvalue weighted by Gasteiger charge is 2.31. The summed E-state index contributed by atoms with van der Waals surface area (Å²) in [6, 6.07) is 6.67. The molecule has 2 aliphatic heterocycles. The number of hydrogen-bond acceptors (Lipinski definition) is 5. The summed E-state index contributed by atoms with van der Waals surface area (Å²) >= 11 is 0. The Hall–Kier alpha value is -1.15. The predicted molar refractivity (Wildman–Crippen MR) is 95.6 cm³/mol. The van der Waals surface area contributed by atoms with Crippen LogP contribution in [-0.4, -0.2) is 75.7 Å². The minimum absolute atomic E-state index is 0. The van der Waals surface area contributed by atoms with Gasteiger partial charge >= 0.3 is 0 Å². The van der Waals surface area contributed by atoms with Crippen LogP contribution in [0, 0.1) is 0 Å². The molecule has 2 fully saturated rings. The second-order valence-electron chi connectivity index (χ2n) is 6.28. The maximum Gasteiger partial charge on any atom is 0.253 e. The van der Waals surface area contributed by atoms with Crippen molar-refractivity contribution < 1.29 is 13.2 Å². The zero-order valence-electron chi connectivity index (χ0n) is 13.8. The molecule has 2 heterocycles. The maximum absolute atomic E-state index is 12.6. The van der Waals surface area contributed by atoms with Gasteiger partial charge in [-0.25, -0.2) is 8.42 Å². The molecule has 134 valence electrons. The van der Waals surface area contributed by atoms with Crippen molar-refractivity contribution >= 4 is 28.2 Å². The number of carbonyl (C=O) groups excluding carboxylic acids is 1. The van der Waals surface area contributed by atoms with Crippen molar-refractivity contribution in [3.63, 3.8) is 0 Å². The lowest BCUT2D eigenvalue weighted by molar-refractivity contribution is 0.0773. The zero-order chi connectivity index (χ0) is 16.4. The molecule has 1 aromatic carbocycles. The molecule has 1 N–H and O–H groups in total. The van der Waals surface area contributed by atoms with Crippen LogP contribution in [0.25, 0.3) is 0 Å². The quantitative estimate of drug-likeness (QED) is 0.841. The number of sulfone groups is 1. The molecule has 2 aliphatic rings. The predicted octanol–water partition coefficient (Wildman–Crippen LogP) is 0.632. The molecule has 1 unspecified atom stereocenters. The Morgan fingerprint density at radius 2 is 1.75 bits per heavy atom. The van der Waals surface area contributed by atoms with Crippen LogP contribution in [0.3, 0.4) is 0 Å². The number of nitrogens with one attached hydrogen (secondary N) is 1. The molecule has 6 nitrogen and oxygen atoms in total. The molecule has 0 bridgehead atoms. The van der Waals surface area contributed by atoms with Gasteiger partial charge in [0.1, 0.15) is 0 Å². The molecule has 2 saturated heterocycles. The van der Waals surface area contributed by atoms with Gasteiger partial charge in [0.25, 0.3) is 5.91 Å². The first-order chi connectivity index (χ1) is 10.9. The van der Waals surface area contributed by atoms with Crippen LogP contribution in [0.1, 0.15) is 16.8 Å². The third kappa shape index (κ3) is 4.27. The van der Waals surface area contributed by atoms with Crippen LogP contribution in [0.5, 0.6) is 0 Å². The van der Waals surface area contributed by atoms with Gasteiger partial charge in [-0.1, -0.05) is 0 Å². The highest BCUT2D eigenvalue weighted by molar-refractivity contribution is 7.90. The average molecular weight is 374 g/mol. The lowest BCUT2D eigenvalue weighted by atomic mass is 10.2. The van der Waals surface area contributed by atoms with E-state index in [0.717, 1.165) is 45.7 Å². The molecule has 24 heavy (non-hydrogen) atoms. The van der Waals surface area contributed by atoms with E-state index in [2.05, 4.69) is 10.2 Å². The van der Waals surface area contributed by atoms with E-state index in [9.17, 15) is 13.2 Å². The van der Waals surface area contributed by atoms with Gasteiger partial charge in [0, 0.05) is 57.1 Å². The number of benzene rings is 1. The van der Waals surface area contributed by atoms with Gasteiger partial charge in [0.15, 0.2) is 9.84 Å². The van der Waals surface area contributed by atoms with Crippen molar-refractivity contribution in [2.24, 2.45) is 0 Å². The van der Waals surface area contributed by atoms with Crippen molar-refractivity contribution in [1.29, 1.82) is 0 Å². The summed E-state index contributed by atoms with van der Waals surface area (Å²) in [5, 5.41) is 3.34. The summed E-state index contributed by atoms with van der Waals surface area (Å²) in [7, 11) is -3.23. The molecule has 8 heteroatoms. The fourth-order valence-corrected chi connectivity index (χ4v) is 3.93. The first-order valence-corrected chi connectivity index (χ1v) is 9.88. The second kappa shape index (κ2) is 7.82. The number of amides is 1. The van der Waals surface area contributed by atoms with Crippen LogP contribution in [0.2, 0.25) is 0 Å². The number of rotatable bonds is 3. The van der Waals surface area contributed by atoms with Crippen molar-refractivity contribution in [3.8, 4) is 0 Å². The van der Waals surface area contributed by atoms with Crippen LogP contribution >= 0.6 is 12.4 Å². The molecule has 1 aromatic rings. The van der Waals surface area contributed by atoms with E-state index in [1.165, 1.54) is 18.4 Å². The summed E-state index contributed by atoms with van der Waals surface area (Å²) in [6.07, 6.45) is 2.18. The fourth-order valence-electron chi connectivity index (χ4n) is 3.30. The first-order valence-electron chi connectivity index (χ1n) is 7.99. The lowest BCUT2D eigenvalue weighted by Crippen LogP contribution is -2.49. The van der Waals surface area contributed by atoms with E-state index in [-0.39, 0.29) is 23.2 Å². The molecule has 0 aromatic heterocycles. The summed E-state index contributed by atoms with van der Waals surface area (Å²) in [6.45, 7) is 5.62. The molecule has 3 rings (SSSR count). The number of hydrogen-bond donors (Lipinski definition) is 1. The number of carbonyl (C=O) groups is 1. The van der Waals surface area contributed by atoms with Crippen LogP contribution in [-0.2, 0) is 9.84 Å². The highest BCUT2D eigenvalue weighted by Crippen LogP contribution is 2.19. The summed E-state index contributed by atoms with van der Waals surface area (Å²) in [5.41, 5.74) is 0.554. The maximum atomic E-state index is 12.6. The van der Waals surface area contributed by atoms with Crippen molar-refractivity contribution in [3.05, 3.63) is 29.8 Å². The van der Waals surface area contributed by atoms with E-state index in [1.54, 1.807) is 12.1 Å². The zero-order valence-corrected chi connectivity index (χ0v) is 15.4. The smallest absolute Gasteiger partial charge is 0.253 e. The Morgan fingerprint density at radius 3 is 2.33 bits per heavy atom. The number of nitrogens with zero attached hydrogens (tertiary/aromatic N) is 2. The van der Waals surface area contributed by atoms with Crippen molar-refractivity contribution in [1.82, 2.24) is 15.1 Å². The fraction of sp³-hybridized carbons (Fsp3) is 0.562. The normalized spacial score (nSPS) is 22.2. The minimum atomic E-state index is -3.23. The van der Waals surface area contributed by atoms with Gasteiger partial charge in [0.05, 0.1) is 4.90 Å². The molecular weight excluding hydrogens is 350 g/mol. The number of halogens is 1. The van der Waals surface area contributed by atoms with Crippen LogP contribution in [0.15, 0.2) is 29.2 Å². The molecule has 1 atom stereocenters. The third-order valence-corrected chi connectivity index (χ3v) is 5.78. The third-order valence-electron chi connectivity index (χ3n) is 4.65. The molecule has 0 spiro atoms. The van der Waals surface area contributed by atoms with E-state index < -0.39 is 9.84 Å². The van der Waals surface area contributed by atoms with E-state index in [1.807, 2.05) is 4.90 Å². The molecule has 0 radical (unpaired) electrons. The van der Waals surface area contributed by atoms with Crippen LogP contribution in [0.4, 0.5) is 0 Å². The SMILES string of the molecule is CS(=O)(=O)c1ccc(C(=O)N2CCC(N3CCNCC3)C2)cc1.Cl. The topological polar surface area (TPSA) is 69.7 Å². The standard InChI is InChI=1S/C16H23N3O3S.ClH/c1-23(21,22)15-4-2-13(3-5-15)16(20)19-9-6-14(12-19)18-10-7-17-8-11-18;/h2-5,14,17H,6-12H2,1H3;1H. The Kier molecular flexibility index (Phi) is 6.25. The summed E-state index contributed by atoms with van der Waals surface area (Å²) in [4.78, 5) is 17.2. The van der Waals surface area contributed by atoms with Gasteiger partial charge in [0.2, 0.25) is 0 Å². The Labute approximate surface area is 149 Å². The van der Waals surface area contributed by atoms with E-state index in [0.29, 0.717) is 11.6 Å². The molecule has 0 aliphatic carbocycles. The van der Waals surface area contributed by atoms with Gasteiger partial charge in [-0.2, -0.15) is 0 Å². The molecular formula is C16H24ClN3O3S. The number of piperazine rings is 1. The highest BCUT2D eigenvalue weighted by atomic mass is 35.5. The van der Waals surface area contributed by atoms with Gasteiger partial charge < -0.3 is 10.2 Å². The van der Waals surface area contributed by atoms with E-state index in [4.69, 9.17) is 0 Å². The number of likely N-dealkylation sites (tertiary alicyclic amines) is 1. The van der Waals surface area contributed by atoms with Crippen molar-refractivity contribution in [2.45, 2.75) is 17.4 Å². The summed E-state index contributed by atoms with van der Waals surface area (Å²) in [5.74, 6) is -0.0114. The van der Waals surface area contributed by atoms with Gasteiger partial charge in [-0.3, -0.25) is 9.69 Å². The second-order valence-corrected chi connectivity index (χ2v) is 8.29. The Balaban J connectivity index is 0.00000208.